The second kappa shape index (κ2) is 14.7. The van der Waals surface area contributed by atoms with E-state index in [-0.39, 0.29) is 35.5 Å². The van der Waals surface area contributed by atoms with Crippen molar-refractivity contribution in [3.05, 3.63) is 94.5 Å². The van der Waals surface area contributed by atoms with Gasteiger partial charge in [0.25, 0.3) is 10.0 Å². The van der Waals surface area contributed by atoms with Gasteiger partial charge in [0.1, 0.15) is 12.6 Å². The van der Waals surface area contributed by atoms with Crippen molar-refractivity contribution in [3.8, 4) is 0 Å². The standard InChI is InChI=1S/C33H37ClF3N3O4S/c1-3-30(32(42)38-27-9-5-4-6-10-27)39(21-24-14-16-26(34)17-15-24)31(41)22-40(28-11-7-8-25(20-28)33(35,36)37)45(43,44)29-18-12-23(2)13-19-29/h7-8,11-20,27,30H,3-6,9-10,21-22H2,1-2H3,(H,38,42)/t30-/m0/s1. The summed E-state index contributed by atoms with van der Waals surface area (Å²) in [6, 6.07) is 15.3. The average molecular weight is 664 g/mol. The molecular formula is C33H37ClF3N3O4S. The van der Waals surface area contributed by atoms with E-state index in [0.29, 0.717) is 21.0 Å². The molecule has 3 aromatic rings. The molecular weight excluding hydrogens is 627 g/mol. The topological polar surface area (TPSA) is 86.8 Å². The zero-order valence-electron chi connectivity index (χ0n) is 25.2. The molecule has 0 spiro atoms. The van der Waals surface area contributed by atoms with Crippen LogP contribution in [-0.2, 0) is 32.3 Å². The summed E-state index contributed by atoms with van der Waals surface area (Å²) in [7, 11) is -4.52. The van der Waals surface area contributed by atoms with E-state index in [2.05, 4.69) is 5.32 Å². The van der Waals surface area contributed by atoms with Gasteiger partial charge in [-0.05, 0) is 74.2 Å². The Morgan fingerprint density at radius 2 is 1.62 bits per heavy atom. The largest absolute Gasteiger partial charge is 0.416 e. The zero-order chi connectivity index (χ0) is 32.8. The molecule has 1 fully saturated rings. The molecule has 3 aromatic carbocycles. The monoisotopic (exact) mass is 663 g/mol. The fourth-order valence-corrected chi connectivity index (χ4v) is 6.99. The van der Waals surface area contributed by atoms with Gasteiger partial charge in [-0.15, -0.1) is 0 Å². The summed E-state index contributed by atoms with van der Waals surface area (Å²) in [5.74, 6) is -1.11. The van der Waals surface area contributed by atoms with Crippen LogP contribution in [0.25, 0.3) is 0 Å². The maximum atomic E-state index is 14.2. The lowest BCUT2D eigenvalue weighted by molar-refractivity contribution is -0.140. The minimum atomic E-state index is -4.75. The molecule has 1 aliphatic carbocycles. The van der Waals surface area contributed by atoms with E-state index in [1.54, 1.807) is 50.2 Å². The third-order valence-electron chi connectivity index (χ3n) is 7.95. The summed E-state index contributed by atoms with van der Waals surface area (Å²) in [6.07, 6.45) is 0.189. The molecule has 0 radical (unpaired) electrons. The summed E-state index contributed by atoms with van der Waals surface area (Å²) >= 11 is 6.06. The number of halogens is 4. The molecule has 4 rings (SSSR count). The minimum absolute atomic E-state index is 0.0312. The van der Waals surface area contributed by atoms with Crippen molar-refractivity contribution in [2.75, 3.05) is 10.8 Å². The van der Waals surface area contributed by atoms with Gasteiger partial charge in [0.15, 0.2) is 0 Å². The molecule has 1 atom stereocenters. The first-order chi connectivity index (χ1) is 21.3. The average Bonchev–Trinajstić information content (AvgIpc) is 3.01. The van der Waals surface area contributed by atoms with Gasteiger partial charge in [0.2, 0.25) is 11.8 Å². The van der Waals surface area contributed by atoms with Gasteiger partial charge in [0.05, 0.1) is 16.1 Å². The number of amides is 2. The number of aryl methyl sites for hydroxylation is 1. The molecule has 1 saturated carbocycles. The number of nitrogens with zero attached hydrogens (tertiary/aromatic N) is 2. The predicted octanol–water partition coefficient (Wildman–Crippen LogP) is 7.12. The van der Waals surface area contributed by atoms with Crippen LogP contribution in [0, 0.1) is 6.92 Å². The Morgan fingerprint density at radius 3 is 2.22 bits per heavy atom. The van der Waals surface area contributed by atoms with Crippen molar-refractivity contribution >= 4 is 39.1 Å². The van der Waals surface area contributed by atoms with Crippen LogP contribution in [0.2, 0.25) is 5.02 Å². The Hall–Kier alpha value is -3.57. The summed E-state index contributed by atoms with van der Waals surface area (Å²) in [4.78, 5) is 28.9. The molecule has 0 heterocycles. The van der Waals surface area contributed by atoms with Gasteiger partial charge in [-0.25, -0.2) is 8.42 Å². The van der Waals surface area contributed by atoms with E-state index in [0.717, 1.165) is 49.8 Å². The predicted molar refractivity (Wildman–Crippen MR) is 168 cm³/mol. The number of carbonyl (C=O) groups is 2. The Labute approximate surface area is 267 Å². The normalized spacial score (nSPS) is 14.9. The summed E-state index contributed by atoms with van der Waals surface area (Å²) < 4.78 is 69.7. The molecule has 12 heteroatoms. The molecule has 0 bridgehead atoms. The Morgan fingerprint density at radius 1 is 0.978 bits per heavy atom. The number of benzene rings is 3. The second-order valence-electron chi connectivity index (χ2n) is 11.3. The Balaban J connectivity index is 1.75. The summed E-state index contributed by atoms with van der Waals surface area (Å²) in [6.45, 7) is 2.63. The fraction of sp³-hybridized carbons (Fsp3) is 0.394. The minimum Gasteiger partial charge on any atom is -0.352 e. The van der Waals surface area contributed by atoms with E-state index in [1.807, 2.05) is 0 Å². The van der Waals surface area contributed by atoms with Crippen molar-refractivity contribution in [2.45, 2.75) is 82.1 Å². The van der Waals surface area contributed by atoms with Crippen LogP contribution in [0.4, 0.5) is 18.9 Å². The van der Waals surface area contributed by atoms with E-state index >= 15 is 0 Å². The number of alkyl halides is 3. The SMILES string of the molecule is CC[C@@H](C(=O)NC1CCCCC1)N(Cc1ccc(Cl)cc1)C(=O)CN(c1cccc(C(F)(F)F)c1)S(=O)(=O)c1ccc(C)cc1. The maximum Gasteiger partial charge on any atom is 0.416 e. The molecule has 1 aliphatic rings. The van der Waals surface area contributed by atoms with Crippen molar-refractivity contribution < 1.29 is 31.2 Å². The molecule has 0 saturated heterocycles. The van der Waals surface area contributed by atoms with Crippen LogP contribution in [-0.4, -0.2) is 43.8 Å². The Bertz CT molecular complexity index is 1580. The Kier molecular flexibility index (Phi) is 11.2. The first kappa shape index (κ1) is 34.3. The third kappa shape index (κ3) is 8.79. The van der Waals surface area contributed by atoms with Gasteiger partial charge < -0.3 is 10.2 Å². The number of anilines is 1. The van der Waals surface area contributed by atoms with E-state index in [4.69, 9.17) is 11.6 Å². The van der Waals surface area contributed by atoms with Gasteiger partial charge in [-0.3, -0.25) is 13.9 Å². The fourth-order valence-electron chi connectivity index (χ4n) is 5.45. The van der Waals surface area contributed by atoms with Crippen molar-refractivity contribution in [1.29, 1.82) is 0 Å². The highest BCUT2D eigenvalue weighted by atomic mass is 35.5. The van der Waals surface area contributed by atoms with Crippen LogP contribution < -0.4 is 9.62 Å². The lowest BCUT2D eigenvalue weighted by Crippen LogP contribution is -2.54. The van der Waals surface area contributed by atoms with E-state index in [9.17, 15) is 31.2 Å². The highest BCUT2D eigenvalue weighted by Crippen LogP contribution is 2.33. The molecule has 0 aliphatic heterocycles. The number of rotatable bonds is 11. The van der Waals surface area contributed by atoms with Gasteiger partial charge >= 0.3 is 6.18 Å². The molecule has 242 valence electrons. The zero-order valence-corrected chi connectivity index (χ0v) is 26.8. The van der Waals surface area contributed by atoms with Crippen LogP contribution >= 0.6 is 11.6 Å². The molecule has 0 aromatic heterocycles. The van der Waals surface area contributed by atoms with Gasteiger partial charge in [-0.1, -0.05) is 73.7 Å². The number of hydrogen-bond donors (Lipinski definition) is 1. The number of carbonyl (C=O) groups excluding carboxylic acids is 2. The lowest BCUT2D eigenvalue weighted by Gasteiger charge is -2.34. The molecule has 2 amide bonds. The van der Waals surface area contributed by atoms with Crippen LogP contribution in [0.5, 0.6) is 0 Å². The molecule has 7 nitrogen and oxygen atoms in total. The maximum absolute atomic E-state index is 14.2. The van der Waals surface area contributed by atoms with Crippen molar-refractivity contribution in [1.82, 2.24) is 10.2 Å². The number of hydrogen-bond acceptors (Lipinski definition) is 4. The highest BCUT2D eigenvalue weighted by molar-refractivity contribution is 7.92. The summed E-state index contributed by atoms with van der Waals surface area (Å²) in [5.41, 5.74) is 0.0287. The molecule has 45 heavy (non-hydrogen) atoms. The van der Waals surface area contributed by atoms with Gasteiger partial charge in [0, 0.05) is 17.6 Å². The molecule has 0 unspecified atom stereocenters. The number of nitrogens with one attached hydrogen (secondary N) is 1. The van der Waals surface area contributed by atoms with Crippen LogP contribution in [0.1, 0.15) is 62.1 Å². The van der Waals surface area contributed by atoms with E-state index in [1.165, 1.54) is 23.1 Å². The first-order valence-electron chi connectivity index (χ1n) is 14.9. The van der Waals surface area contributed by atoms with Crippen molar-refractivity contribution in [2.24, 2.45) is 0 Å². The summed E-state index contributed by atoms with van der Waals surface area (Å²) in [5, 5.41) is 3.53. The van der Waals surface area contributed by atoms with Crippen LogP contribution in [0.15, 0.2) is 77.7 Å². The lowest BCUT2D eigenvalue weighted by atomic mass is 9.95. The number of sulfonamides is 1. The smallest absolute Gasteiger partial charge is 0.352 e. The van der Waals surface area contributed by atoms with Gasteiger partial charge in [-0.2, -0.15) is 13.2 Å². The molecule has 1 N–H and O–H groups in total. The van der Waals surface area contributed by atoms with Crippen molar-refractivity contribution in [3.63, 3.8) is 0 Å². The highest BCUT2D eigenvalue weighted by Gasteiger charge is 2.36. The third-order valence-corrected chi connectivity index (χ3v) is 9.99. The van der Waals surface area contributed by atoms with E-state index < -0.39 is 40.3 Å². The first-order valence-corrected chi connectivity index (χ1v) is 16.7. The van der Waals surface area contributed by atoms with Crippen LogP contribution in [0.3, 0.4) is 0 Å². The quantitative estimate of drug-likeness (QED) is 0.237. The second-order valence-corrected chi connectivity index (χ2v) is 13.6.